The summed E-state index contributed by atoms with van der Waals surface area (Å²) in [5, 5.41) is 2.24. The molecule has 1 saturated heterocycles. The van der Waals surface area contributed by atoms with Crippen molar-refractivity contribution in [1.82, 2.24) is 4.90 Å². The normalized spacial score (nSPS) is 14.3. The fraction of sp³-hybridized carbons (Fsp3) is 0.179. The quantitative estimate of drug-likeness (QED) is 0.383. The van der Waals surface area contributed by atoms with Gasteiger partial charge in [0, 0.05) is 11.3 Å². The number of aryl methyl sites for hydroxylation is 2. The summed E-state index contributed by atoms with van der Waals surface area (Å²) in [5.41, 5.74) is 3.50. The van der Waals surface area contributed by atoms with Gasteiger partial charge in [0.25, 0.3) is 11.1 Å². The highest BCUT2D eigenvalue weighted by atomic mass is 32.2. The summed E-state index contributed by atoms with van der Waals surface area (Å²) in [4.78, 5) is 39.0. The molecule has 190 valence electrons. The Morgan fingerprint density at radius 2 is 1.84 bits per heavy atom. The minimum Gasteiger partial charge on any atom is -0.493 e. The van der Waals surface area contributed by atoms with Crippen molar-refractivity contribution in [2.45, 2.75) is 20.5 Å². The van der Waals surface area contributed by atoms with Crippen molar-refractivity contribution in [1.29, 1.82) is 0 Å². The Bertz CT molecular complexity index is 1410. The maximum absolute atomic E-state index is 13.9. The number of benzene rings is 3. The molecule has 0 unspecified atom stereocenters. The monoisotopic (exact) mass is 520 g/mol. The number of ether oxygens (including phenoxy) is 2. The van der Waals surface area contributed by atoms with Crippen molar-refractivity contribution in [3.05, 3.63) is 93.6 Å². The number of methoxy groups -OCH3 is 1. The fourth-order valence-electron chi connectivity index (χ4n) is 3.66. The van der Waals surface area contributed by atoms with Gasteiger partial charge < -0.3 is 14.8 Å². The molecule has 1 aliphatic rings. The van der Waals surface area contributed by atoms with Crippen LogP contribution < -0.4 is 14.8 Å². The molecule has 3 amide bonds. The molecule has 3 aromatic carbocycles. The molecule has 3 aromatic rings. The molecule has 0 radical (unpaired) electrons. The van der Waals surface area contributed by atoms with E-state index >= 15 is 0 Å². The third-order valence-corrected chi connectivity index (χ3v) is 6.58. The maximum Gasteiger partial charge on any atom is 0.294 e. The largest absolute Gasteiger partial charge is 0.493 e. The smallest absolute Gasteiger partial charge is 0.294 e. The predicted molar refractivity (Wildman–Crippen MR) is 141 cm³/mol. The highest BCUT2D eigenvalue weighted by molar-refractivity contribution is 8.18. The van der Waals surface area contributed by atoms with Gasteiger partial charge in [0.2, 0.25) is 5.91 Å². The summed E-state index contributed by atoms with van der Waals surface area (Å²) in [5.74, 6) is -0.590. The van der Waals surface area contributed by atoms with Gasteiger partial charge in [-0.05, 0) is 72.6 Å². The molecule has 0 aromatic heterocycles. The first-order valence-electron chi connectivity index (χ1n) is 11.4. The number of rotatable bonds is 8. The number of hydrogen-bond acceptors (Lipinski definition) is 6. The second kappa shape index (κ2) is 11.3. The van der Waals surface area contributed by atoms with Gasteiger partial charge in [-0.2, -0.15) is 0 Å². The molecule has 0 atom stereocenters. The van der Waals surface area contributed by atoms with E-state index in [9.17, 15) is 18.8 Å². The summed E-state index contributed by atoms with van der Waals surface area (Å²) in [6, 6.07) is 17.0. The molecule has 9 heteroatoms. The Kier molecular flexibility index (Phi) is 7.93. The molecule has 4 rings (SSSR count). The van der Waals surface area contributed by atoms with Crippen LogP contribution in [-0.2, 0) is 16.2 Å². The lowest BCUT2D eigenvalue weighted by Gasteiger charge is -2.14. The van der Waals surface area contributed by atoms with Gasteiger partial charge in [0.1, 0.15) is 19.0 Å². The lowest BCUT2D eigenvalue weighted by Crippen LogP contribution is -2.36. The van der Waals surface area contributed by atoms with Crippen LogP contribution in [0.4, 0.5) is 14.9 Å². The third-order valence-electron chi connectivity index (χ3n) is 5.67. The zero-order valence-electron chi connectivity index (χ0n) is 20.5. The van der Waals surface area contributed by atoms with Crippen LogP contribution in [0.5, 0.6) is 11.5 Å². The van der Waals surface area contributed by atoms with Crippen molar-refractivity contribution in [3.8, 4) is 11.5 Å². The van der Waals surface area contributed by atoms with E-state index in [1.807, 2.05) is 32.0 Å². The van der Waals surface area contributed by atoms with E-state index in [2.05, 4.69) is 5.32 Å². The van der Waals surface area contributed by atoms with Crippen molar-refractivity contribution in [2.75, 3.05) is 19.0 Å². The number of nitrogens with one attached hydrogen (secondary N) is 1. The van der Waals surface area contributed by atoms with Crippen molar-refractivity contribution >= 4 is 40.6 Å². The summed E-state index contributed by atoms with van der Waals surface area (Å²) in [6.45, 7) is 3.41. The molecule has 7 nitrogen and oxygen atoms in total. The Balaban J connectivity index is 1.44. The molecule has 0 spiro atoms. The number of anilines is 1. The van der Waals surface area contributed by atoms with E-state index < -0.39 is 17.1 Å². The highest BCUT2D eigenvalue weighted by Gasteiger charge is 2.36. The first-order chi connectivity index (χ1) is 17.7. The SMILES string of the molecule is COc1cc(/C=C2/SC(=O)N(CC(=O)Nc3cc(C)ccc3C)C2=O)ccc1OCc1ccccc1F. The zero-order chi connectivity index (χ0) is 26.5. The Hall–Kier alpha value is -4.11. The van der Waals surface area contributed by atoms with Crippen molar-refractivity contribution in [3.63, 3.8) is 0 Å². The average molecular weight is 521 g/mol. The van der Waals surface area contributed by atoms with E-state index in [4.69, 9.17) is 9.47 Å². The molecule has 37 heavy (non-hydrogen) atoms. The van der Waals surface area contributed by atoms with Crippen LogP contribution in [0.2, 0.25) is 0 Å². The molecular formula is C28H25FN2O5S. The number of hydrogen-bond donors (Lipinski definition) is 1. The van der Waals surface area contributed by atoms with Crippen LogP contribution in [0.25, 0.3) is 6.08 Å². The summed E-state index contributed by atoms with van der Waals surface area (Å²) in [6.07, 6.45) is 1.55. The molecule has 1 N–H and O–H groups in total. The van der Waals surface area contributed by atoms with E-state index in [-0.39, 0.29) is 23.9 Å². The molecule has 1 fully saturated rings. The van der Waals surface area contributed by atoms with Crippen LogP contribution in [0.3, 0.4) is 0 Å². The van der Waals surface area contributed by atoms with Gasteiger partial charge >= 0.3 is 0 Å². The van der Waals surface area contributed by atoms with Crippen LogP contribution in [0, 0.1) is 19.7 Å². The summed E-state index contributed by atoms with van der Waals surface area (Å²) < 4.78 is 25.0. The highest BCUT2D eigenvalue weighted by Crippen LogP contribution is 2.35. The second-order valence-electron chi connectivity index (χ2n) is 8.42. The first kappa shape index (κ1) is 26.0. The molecule has 0 saturated carbocycles. The lowest BCUT2D eigenvalue weighted by atomic mass is 10.1. The third kappa shape index (κ3) is 6.18. The summed E-state index contributed by atoms with van der Waals surface area (Å²) in [7, 11) is 1.47. The number of imide groups is 1. The fourth-order valence-corrected chi connectivity index (χ4v) is 4.49. The van der Waals surface area contributed by atoms with Crippen LogP contribution >= 0.6 is 11.8 Å². The van der Waals surface area contributed by atoms with Gasteiger partial charge in [-0.1, -0.05) is 36.4 Å². The molecule has 1 heterocycles. The molecule has 0 bridgehead atoms. The van der Waals surface area contributed by atoms with E-state index in [0.717, 1.165) is 27.8 Å². The standard InChI is InChI=1S/C28H25FN2O5S/c1-17-8-9-18(2)22(12-17)30-26(32)15-31-27(33)25(37-28(31)34)14-19-10-11-23(24(13-19)35-3)36-16-20-6-4-5-7-21(20)29/h4-14H,15-16H2,1-3H3,(H,30,32)/b25-14+. The second-order valence-corrected chi connectivity index (χ2v) is 9.42. The summed E-state index contributed by atoms with van der Waals surface area (Å²) >= 11 is 0.762. The number of amides is 3. The van der Waals surface area contributed by atoms with Crippen molar-refractivity contribution < 1.29 is 28.2 Å². The van der Waals surface area contributed by atoms with Crippen LogP contribution in [-0.4, -0.2) is 35.6 Å². The average Bonchev–Trinajstić information content (AvgIpc) is 3.13. The predicted octanol–water partition coefficient (Wildman–Crippen LogP) is 5.71. The zero-order valence-corrected chi connectivity index (χ0v) is 21.4. The number of carbonyl (C=O) groups excluding carboxylic acids is 3. The molecule has 1 aliphatic heterocycles. The van der Waals surface area contributed by atoms with Crippen molar-refractivity contribution in [2.24, 2.45) is 0 Å². The van der Waals surface area contributed by atoms with E-state index in [1.54, 1.807) is 42.5 Å². The van der Waals surface area contributed by atoms with Crippen LogP contribution in [0.1, 0.15) is 22.3 Å². The number of carbonyl (C=O) groups is 3. The van der Waals surface area contributed by atoms with Gasteiger partial charge in [-0.3, -0.25) is 19.3 Å². The first-order valence-corrected chi connectivity index (χ1v) is 12.2. The van der Waals surface area contributed by atoms with E-state index in [0.29, 0.717) is 28.3 Å². The minimum atomic E-state index is -0.551. The molecular weight excluding hydrogens is 495 g/mol. The minimum absolute atomic E-state index is 0.0193. The Labute approximate surface area is 218 Å². The van der Waals surface area contributed by atoms with Gasteiger partial charge in [-0.15, -0.1) is 0 Å². The molecule has 0 aliphatic carbocycles. The Morgan fingerprint density at radius 3 is 2.59 bits per heavy atom. The topological polar surface area (TPSA) is 84.9 Å². The van der Waals surface area contributed by atoms with Gasteiger partial charge in [-0.25, -0.2) is 4.39 Å². The maximum atomic E-state index is 13.9. The number of halogens is 1. The number of thioether (sulfide) groups is 1. The lowest BCUT2D eigenvalue weighted by molar-refractivity contribution is -0.127. The number of nitrogens with zero attached hydrogens (tertiary/aromatic N) is 1. The van der Waals surface area contributed by atoms with E-state index in [1.165, 1.54) is 13.2 Å². The van der Waals surface area contributed by atoms with Crippen LogP contribution in [0.15, 0.2) is 65.6 Å². The van der Waals surface area contributed by atoms with Gasteiger partial charge in [0.15, 0.2) is 11.5 Å². The Morgan fingerprint density at radius 1 is 1.05 bits per heavy atom. The van der Waals surface area contributed by atoms with Gasteiger partial charge in [0.05, 0.1) is 12.0 Å².